The van der Waals surface area contributed by atoms with Crippen molar-refractivity contribution in [1.29, 1.82) is 5.26 Å². The monoisotopic (exact) mass is 332 g/mol. The molecule has 0 saturated heterocycles. The lowest BCUT2D eigenvalue weighted by Crippen LogP contribution is -2.12. The number of anilines is 1. The first-order chi connectivity index (χ1) is 12.1. The number of nitriles is 1. The smallest absolute Gasteiger partial charge is 0.276 e. The summed E-state index contributed by atoms with van der Waals surface area (Å²) in [6, 6.07) is 18.0. The van der Waals surface area contributed by atoms with Gasteiger partial charge in [-0.2, -0.15) is 10.4 Å². The second kappa shape index (κ2) is 6.89. The van der Waals surface area contributed by atoms with Crippen molar-refractivity contribution in [3.63, 3.8) is 0 Å². The van der Waals surface area contributed by atoms with Gasteiger partial charge in [0.1, 0.15) is 5.75 Å². The van der Waals surface area contributed by atoms with Gasteiger partial charge >= 0.3 is 0 Å². The van der Waals surface area contributed by atoms with Gasteiger partial charge in [-0.05, 0) is 42.5 Å². The highest BCUT2D eigenvalue weighted by atomic mass is 16.5. The fourth-order valence-corrected chi connectivity index (χ4v) is 2.45. The third-order valence-corrected chi connectivity index (χ3v) is 3.75. The quantitative estimate of drug-likeness (QED) is 0.795. The van der Waals surface area contributed by atoms with Crippen molar-refractivity contribution in [2.75, 3.05) is 12.4 Å². The number of rotatable bonds is 4. The Morgan fingerprint density at radius 3 is 2.64 bits per heavy atom. The first-order valence-electron chi connectivity index (χ1n) is 7.60. The van der Waals surface area contributed by atoms with Crippen LogP contribution in [0.5, 0.6) is 5.75 Å². The molecule has 0 unspecified atom stereocenters. The van der Waals surface area contributed by atoms with Gasteiger partial charge in [0, 0.05) is 18.3 Å². The van der Waals surface area contributed by atoms with Crippen LogP contribution in [-0.2, 0) is 7.05 Å². The minimum Gasteiger partial charge on any atom is -0.497 e. The second-order valence-electron chi connectivity index (χ2n) is 5.41. The molecule has 124 valence electrons. The molecule has 0 spiro atoms. The third-order valence-electron chi connectivity index (χ3n) is 3.75. The van der Waals surface area contributed by atoms with Gasteiger partial charge in [0.15, 0.2) is 5.69 Å². The van der Waals surface area contributed by atoms with Crippen molar-refractivity contribution in [3.8, 4) is 23.1 Å². The molecule has 1 N–H and O–H groups in total. The van der Waals surface area contributed by atoms with Gasteiger partial charge in [-0.15, -0.1) is 0 Å². The van der Waals surface area contributed by atoms with Crippen molar-refractivity contribution in [1.82, 2.24) is 9.78 Å². The number of nitrogens with zero attached hydrogens (tertiary/aromatic N) is 3. The fourth-order valence-electron chi connectivity index (χ4n) is 2.45. The van der Waals surface area contributed by atoms with Crippen LogP contribution in [-0.4, -0.2) is 22.8 Å². The first-order valence-corrected chi connectivity index (χ1v) is 7.60. The Labute approximate surface area is 145 Å². The Morgan fingerprint density at radius 1 is 1.20 bits per heavy atom. The van der Waals surface area contributed by atoms with E-state index in [1.807, 2.05) is 30.3 Å². The molecule has 0 fully saturated rings. The summed E-state index contributed by atoms with van der Waals surface area (Å²) in [5.74, 6) is 0.428. The number of hydrogen-bond acceptors (Lipinski definition) is 4. The predicted octanol–water partition coefficient (Wildman–Crippen LogP) is 3.22. The normalized spacial score (nSPS) is 10.1. The van der Waals surface area contributed by atoms with Gasteiger partial charge in [-0.1, -0.05) is 12.1 Å². The molecular weight excluding hydrogens is 316 g/mol. The Bertz CT molecular complexity index is 952. The van der Waals surface area contributed by atoms with Crippen LogP contribution in [0.15, 0.2) is 54.6 Å². The number of carbonyl (C=O) groups is 1. The van der Waals surface area contributed by atoms with Gasteiger partial charge in [-0.3, -0.25) is 9.48 Å². The molecule has 0 saturated carbocycles. The standard InChI is InChI=1S/C19H16N4O2/c1-23-18(14-4-3-5-16(10-14)25-2)11-17(22-23)19(24)21-15-8-6-13(12-20)7-9-15/h3-11H,1-2H3,(H,21,24). The molecule has 1 aromatic heterocycles. The van der Waals surface area contributed by atoms with E-state index < -0.39 is 0 Å². The SMILES string of the molecule is COc1cccc(-c2cc(C(=O)Nc3ccc(C#N)cc3)nn2C)c1. The molecule has 0 aliphatic heterocycles. The highest BCUT2D eigenvalue weighted by Crippen LogP contribution is 2.24. The van der Waals surface area contributed by atoms with Gasteiger partial charge in [0.2, 0.25) is 0 Å². The number of methoxy groups -OCH3 is 1. The highest BCUT2D eigenvalue weighted by molar-refractivity contribution is 6.03. The second-order valence-corrected chi connectivity index (χ2v) is 5.41. The number of aromatic nitrogens is 2. The maximum Gasteiger partial charge on any atom is 0.276 e. The molecule has 3 aromatic rings. The molecule has 1 amide bonds. The van der Waals surface area contributed by atoms with Gasteiger partial charge in [0.25, 0.3) is 5.91 Å². The van der Waals surface area contributed by atoms with Crippen LogP contribution >= 0.6 is 0 Å². The topological polar surface area (TPSA) is 79.9 Å². The summed E-state index contributed by atoms with van der Waals surface area (Å²) < 4.78 is 6.89. The summed E-state index contributed by atoms with van der Waals surface area (Å²) >= 11 is 0. The third kappa shape index (κ3) is 3.51. The fraction of sp³-hybridized carbons (Fsp3) is 0.105. The summed E-state index contributed by atoms with van der Waals surface area (Å²) in [7, 11) is 3.39. The lowest BCUT2D eigenvalue weighted by molar-refractivity contribution is 0.102. The average Bonchev–Trinajstić information content (AvgIpc) is 3.04. The van der Waals surface area contributed by atoms with Crippen LogP contribution in [0, 0.1) is 11.3 Å². The van der Waals surface area contributed by atoms with E-state index in [1.165, 1.54) is 0 Å². The molecule has 0 bridgehead atoms. The number of nitrogens with one attached hydrogen (secondary N) is 1. The van der Waals surface area contributed by atoms with Crippen LogP contribution in [0.1, 0.15) is 16.1 Å². The lowest BCUT2D eigenvalue weighted by Gasteiger charge is -2.04. The molecule has 0 aliphatic rings. The van der Waals surface area contributed by atoms with Gasteiger partial charge in [0.05, 0.1) is 24.4 Å². The Hall–Kier alpha value is -3.59. The molecule has 2 aromatic carbocycles. The average molecular weight is 332 g/mol. The number of carbonyl (C=O) groups excluding carboxylic acids is 1. The van der Waals surface area contributed by atoms with E-state index in [1.54, 1.807) is 49.2 Å². The molecule has 0 aliphatic carbocycles. The molecule has 25 heavy (non-hydrogen) atoms. The largest absolute Gasteiger partial charge is 0.497 e. The van der Waals surface area contributed by atoms with Crippen molar-refractivity contribution in [2.24, 2.45) is 7.05 Å². The van der Waals surface area contributed by atoms with E-state index >= 15 is 0 Å². The predicted molar refractivity (Wildman–Crippen MR) is 94.3 cm³/mol. The molecule has 6 heteroatoms. The van der Waals surface area contributed by atoms with Crippen molar-refractivity contribution in [3.05, 3.63) is 65.9 Å². The Balaban J connectivity index is 1.83. The number of aryl methyl sites for hydroxylation is 1. The van der Waals surface area contributed by atoms with E-state index in [0.717, 1.165) is 17.0 Å². The van der Waals surface area contributed by atoms with Crippen LogP contribution in [0.2, 0.25) is 0 Å². The van der Waals surface area contributed by atoms with E-state index in [0.29, 0.717) is 16.9 Å². The van der Waals surface area contributed by atoms with Gasteiger partial charge in [-0.25, -0.2) is 0 Å². The Morgan fingerprint density at radius 2 is 1.96 bits per heavy atom. The summed E-state index contributed by atoms with van der Waals surface area (Å²) in [5.41, 5.74) is 3.18. The number of hydrogen-bond donors (Lipinski definition) is 1. The minimum atomic E-state index is -0.311. The van der Waals surface area contributed by atoms with E-state index in [2.05, 4.69) is 10.4 Å². The van der Waals surface area contributed by atoms with Crippen molar-refractivity contribution >= 4 is 11.6 Å². The van der Waals surface area contributed by atoms with E-state index in [4.69, 9.17) is 10.00 Å². The summed E-state index contributed by atoms with van der Waals surface area (Å²) in [6.45, 7) is 0. The maximum atomic E-state index is 12.4. The Kier molecular flexibility index (Phi) is 4.48. The van der Waals surface area contributed by atoms with Crippen molar-refractivity contribution < 1.29 is 9.53 Å². The molecule has 1 heterocycles. The molecule has 3 rings (SSSR count). The molecule has 0 radical (unpaired) electrons. The maximum absolute atomic E-state index is 12.4. The number of benzene rings is 2. The van der Waals surface area contributed by atoms with E-state index in [9.17, 15) is 4.79 Å². The number of ether oxygens (including phenoxy) is 1. The van der Waals surface area contributed by atoms with Crippen LogP contribution in [0.3, 0.4) is 0 Å². The van der Waals surface area contributed by atoms with Crippen LogP contribution in [0.25, 0.3) is 11.3 Å². The first kappa shape index (κ1) is 16.3. The summed E-state index contributed by atoms with van der Waals surface area (Å²) in [4.78, 5) is 12.4. The van der Waals surface area contributed by atoms with Gasteiger partial charge < -0.3 is 10.1 Å². The van der Waals surface area contributed by atoms with Crippen molar-refractivity contribution in [2.45, 2.75) is 0 Å². The van der Waals surface area contributed by atoms with E-state index in [-0.39, 0.29) is 5.91 Å². The molecule has 0 atom stereocenters. The number of amides is 1. The lowest BCUT2D eigenvalue weighted by atomic mass is 10.1. The van der Waals surface area contributed by atoms with Crippen LogP contribution < -0.4 is 10.1 Å². The zero-order valence-electron chi connectivity index (χ0n) is 13.9. The minimum absolute atomic E-state index is 0.310. The zero-order chi connectivity index (χ0) is 17.8. The zero-order valence-corrected chi connectivity index (χ0v) is 13.9. The molecular formula is C19H16N4O2. The van der Waals surface area contributed by atoms with Crippen LogP contribution in [0.4, 0.5) is 5.69 Å². The molecule has 6 nitrogen and oxygen atoms in total. The summed E-state index contributed by atoms with van der Waals surface area (Å²) in [6.07, 6.45) is 0. The summed E-state index contributed by atoms with van der Waals surface area (Å²) in [5, 5.41) is 15.9. The highest BCUT2D eigenvalue weighted by Gasteiger charge is 2.14.